The van der Waals surface area contributed by atoms with Crippen molar-refractivity contribution >= 4 is 39.5 Å². The fraction of sp³-hybridized carbons (Fsp3) is 0.640. The van der Waals surface area contributed by atoms with Crippen LogP contribution in [0, 0.1) is 0 Å². The third-order valence-corrected chi connectivity index (χ3v) is 18.6. The zero-order chi connectivity index (χ0) is 78.9. The Labute approximate surface area is 654 Å². The van der Waals surface area contributed by atoms with Gasteiger partial charge < -0.3 is 33.8 Å². The van der Waals surface area contributed by atoms with Gasteiger partial charge in [-0.1, -0.05) is 281 Å². The summed E-state index contributed by atoms with van der Waals surface area (Å²) in [5.74, 6) is -2.28. The van der Waals surface area contributed by atoms with Crippen LogP contribution in [0.1, 0.15) is 310 Å². The van der Waals surface area contributed by atoms with Crippen LogP contribution in [0.15, 0.2) is 170 Å². The van der Waals surface area contributed by atoms with Crippen LogP contribution in [0.3, 0.4) is 0 Å². The maximum atomic E-state index is 13.1. The van der Waals surface area contributed by atoms with E-state index in [9.17, 15) is 43.2 Å². The molecule has 17 nitrogen and oxygen atoms in total. The Morgan fingerprint density at radius 1 is 0.269 bits per heavy atom. The summed E-state index contributed by atoms with van der Waals surface area (Å²) in [4.78, 5) is 73.2. The van der Waals surface area contributed by atoms with Gasteiger partial charge in [0, 0.05) is 25.7 Å². The molecule has 0 heterocycles. The minimum atomic E-state index is -5.00. The fourth-order valence-electron chi connectivity index (χ4n) is 10.5. The van der Waals surface area contributed by atoms with Crippen LogP contribution in [-0.2, 0) is 65.4 Å². The summed E-state index contributed by atoms with van der Waals surface area (Å²) >= 11 is 0. The molecule has 0 aromatic heterocycles. The number of allylic oxidation sites excluding steroid dienone is 28. The van der Waals surface area contributed by atoms with Gasteiger partial charge in [0.2, 0.25) is 0 Å². The molecule has 0 saturated heterocycles. The Kier molecular flexibility index (Phi) is 75.4. The van der Waals surface area contributed by atoms with Crippen molar-refractivity contribution in [1.29, 1.82) is 0 Å². The molecule has 0 aromatic carbocycles. The van der Waals surface area contributed by atoms with E-state index in [1.807, 2.05) is 0 Å². The monoisotopic (exact) mass is 1550 g/mol. The van der Waals surface area contributed by atoms with E-state index in [-0.39, 0.29) is 25.7 Å². The molecule has 614 valence electrons. The summed E-state index contributed by atoms with van der Waals surface area (Å²) in [5.41, 5.74) is 0. The largest absolute Gasteiger partial charge is 0.472 e. The molecule has 0 radical (unpaired) electrons. The Hall–Kier alpha value is -5.58. The van der Waals surface area contributed by atoms with Gasteiger partial charge in [0.15, 0.2) is 12.2 Å². The first-order valence-electron chi connectivity index (χ1n) is 41.4. The molecule has 0 spiro atoms. The summed E-state index contributed by atoms with van der Waals surface area (Å²) in [6.07, 6.45) is 94.7. The highest BCUT2D eigenvalue weighted by molar-refractivity contribution is 7.47. The maximum Gasteiger partial charge on any atom is 0.472 e. The van der Waals surface area contributed by atoms with Gasteiger partial charge in [0.05, 0.1) is 26.4 Å². The Morgan fingerprint density at radius 2 is 0.481 bits per heavy atom. The minimum absolute atomic E-state index is 0.0338. The molecular formula is C89H146O17P2. The Balaban J connectivity index is 5.44. The lowest BCUT2D eigenvalue weighted by atomic mass is 10.1. The molecule has 0 aliphatic rings. The lowest BCUT2D eigenvalue weighted by Crippen LogP contribution is -2.30. The molecule has 0 rings (SSSR count). The fourth-order valence-corrected chi connectivity index (χ4v) is 12.0. The zero-order valence-corrected chi connectivity index (χ0v) is 69.0. The van der Waals surface area contributed by atoms with Crippen LogP contribution in [0.5, 0.6) is 0 Å². The summed E-state index contributed by atoms with van der Waals surface area (Å²) in [6, 6.07) is 0. The van der Waals surface area contributed by atoms with Crippen molar-refractivity contribution in [3.63, 3.8) is 0 Å². The van der Waals surface area contributed by atoms with Crippen LogP contribution >= 0.6 is 15.6 Å². The van der Waals surface area contributed by atoms with Crippen molar-refractivity contribution < 1.29 is 80.2 Å². The van der Waals surface area contributed by atoms with Crippen molar-refractivity contribution in [1.82, 2.24) is 0 Å². The van der Waals surface area contributed by atoms with E-state index >= 15 is 0 Å². The number of ether oxygens (including phenoxy) is 4. The first-order valence-corrected chi connectivity index (χ1v) is 44.4. The lowest BCUT2D eigenvalue weighted by molar-refractivity contribution is -0.161. The average molecular weight is 1550 g/mol. The maximum absolute atomic E-state index is 13.1. The number of phosphoric ester groups is 2. The van der Waals surface area contributed by atoms with E-state index in [1.165, 1.54) is 19.3 Å². The molecule has 0 aliphatic heterocycles. The number of hydrogen-bond acceptors (Lipinski definition) is 15. The van der Waals surface area contributed by atoms with Crippen molar-refractivity contribution in [3.8, 4) is 0 Å². The second-order valence-electron chi connectivity index (χ2n) is 26.9. The van der Waals surface area contributed by atoms with Gasteiger partial charge >= 0.3 is 39.5 Å². The molecule has 0 saturated carbocycles. The third-order valence-electron chi connectivity index (χ3n) is 16.7. The van der Waals surface area contributed by atoms with Crippen LogP contribution in [0.4, 0.5) is 0 Å². The summed E-state index contributed by atoms with van der Waals surface area (Å²) in [7, 11) is -10.0. The minimum Gasteiger partial charge on any atom is -0.462 e. The number of unbranched alkanes of at least 4 members (excludes halogenated alkanes) is 22. The zero-order valence-electron chi connectivity index (χ0n) is 67.2. The standard InChI is InChI=1S/C89H146O17P2/c1-5-9-13-17-21-25-29-33-37-39-41-43-47-49-53-57-61-65-69-73-86(91)99-79-84(105-88(93)75-71-67-63-59-55-51-45-35-31-27-23-19-15-11-7-3)81-103-107(95,96)101-77-83(90)78-102-108(97,98)104-82-85(106-89(94)76-72-68-64-60-56-52-46-36-32-28-24-20-16-12-8-4)80-100-87(92)74-70-66-62-58-54-50-48-44-42-40-38-34-30-26-22-18-14-10-6-2/h9,11-13,15-16,21-28,33-38,41-46,56,60,83-85,90H,5-8,10,14,17-20,29-32,39-40,47-55,57-59,61-82H2,1-4H3,(H,95,96)(H,97,98)/b13-9-,15-11-,16-12-,25-21-,26-22-,27-23-,28-24-,37-33-,38-34-,43-41-,44-42-,45-35-,46-36-,60-56-. The SMILES string of the molecule is CC/C=C\C/C=C\C/C=C\C/C=C\CCCCCCCCC(=O)OCC(COP(=O)(O)OCC(O)COP(=O)(O)OCC(COC(=O)CCCCCCCC/C=C\C/C=C\C/C=C\CCCCC)OC(=O)CCCC/C=C\C/C=C\C/C=C\C/C=C\CC)OC(=O)CCCCCCC/C=C\C/C=C\C/C=C\CC. The Bertz CT molecular complexity index is 2710. The summed E-state index contributed by atoms with van der Waals surface area (Å²) in [6.45, 7) is 4.41. The number of aliphatic hydroxyl groups excluding tert-OH is 1. The molecule has 0 fully saturated rings. The van der Waals surface area contributed by atoms with E-state index in [4.69, 9.17) is 37.0 Å². The molecule has 0 aliphatic carbocycles. The van der Waals surface area contributed by atoms with E-state index in [1.54, 1.807) is 0 Å². The highest BCUT2D eigenvalue weighted by Gasteiger charge is 2.30. The van der Waals surface area contributed by atoms with Gasteiger partial charge in [-0.2, -0.15) is 0 Å². The first kappa shape index (κ1) is 102. The predicted molar refractivity (Wildman–Crippen MR) is 445 cm³/mol. The predicted octanol–water partition coefficient (Wildman–Crippen LogP) is 24.6. The number of carbonyl (C=O) groups is 4. The first-order chi connectivity index (χ1) is 52.7. The van der Waals surface area contributed by atoms with Gasteiger partial charge in [0.1, 0.15) is 19.3 Å². The second kappa shape index (κ2) is 79.5. The number of carbonyl (C=O) groups excluding carboxylic acids is 4. The van der Waals surface area contributed by atoms with Crippen LogP contribution in [0.25, 0.3) is 0 Å². The van der Waals surface area contributed by atoms with E-state index in [0.717, 1.165) is 205 Å². The number of rotatable bonds is 76. The molecule has 0 amide bonds. The average Bonchev–Trinajstić information content (AvgIpc) is 0.923. The molecule has 19 heteroatoms. The highest BCUT2D eigenvalue weighted by atomic mass is 31.2. The lowest BCUT2D eigenvalue weighted by Gasteiger charge is -2.21. The summed E-state index contributed by atoms with van der Waals surface area (Å²) in [5, 5.41) is 10.7. The second-order valence-corrected chi connectivity index (χ2v) is 29.8. The normalized spacial score (nSPS) is 14.7. The van der Waals surface area contributed by atoms with Gasteiger partial charge in [-0.25, -0.2) is 9.13 Å². The number of hydrogen-bond donors (Lipinski definition) is 3. The molecule has 5 unspecified atom stereocenters. The van der Waals surface area contributed by atoms with Crippen LogP contribution < -0.4 is 0 Å². The number of esters is 4. The van der Waals surface area contributed by atoms with E-state index in [0.29, 0.717) is 32.1 Å². The Morgan fingerprint density at radius 3 is 0.759 bits per heavy atom. The molecule has 0 aromatic rings. The van der Waals surface area contributed by atoms with Crippen LogP contribution in [0.2, 0.25) is 0 Å². The summed E-state index contributed by atoms with van der Waals surface area (Å²) < 4.78 is 68.7. The molecular weight excluding hydrogens is 1400 g/mol. The van der Waals surface area contributed by atoms with Crippen LogP contribution in [-0.4, -0.2) is 96.7 Å². The molecule has 3 N–H and O–H groups in total. The molecule has 5 atom stereocenters. The molecule has 0 bridgehead atoms. The number of aliphatic hydroxyl groups is 1. The highest BCUT2D eigenvalue weighted by Crippen LogP contribution is 2.45. The van der Waals surface area contributed by atoms with Gasteiger partial charge in [0.25, 0.3) is 0 Å². The van der Waals surface area contributed by atoms with Crippen molar-refractivity contribution in [3.05, 3.63) is 170 Å². The van der Waals surface area contributed by atoms with Gasteiger partial charge in [-0.15, -0.1) is 0 Å². The van der Waals surface area contributed by atoms with Gasteiger partial charge in [-0.3, -0.25) is 37.3 Å². The molecule has 108 heavy (non-hydrogen) atoms. The van der Waals surface area contributed by atoms with Crippen molar-refractivity contribution in [2.24, 2.45) is 0 Å². The quantitative estimate of drug-likeness (QED) is 0.0169. The van der Waals surface area contributed by atoms with E-state index < -0.39 is 97.5 Å². The van der Waals surface area contributed by atoms with Gasteiger partial charge in [-0.05, 0) is 173 Å². The third kappa shape index (κ3) is 78.5. The topological polar surface area (TPSA) is 237 Å². The number of phosphoric acid groups is 2. The van der Waals surface area contributed by atoms with E-state index in [2.05, 4.69) is 198 Å². The smallest absolute Gasteiger partial charge is 0.462 e. The van der Waals surface area contributed by atoms with Crippen molar-refractivity contribution in [2.45, 2.75) is 329 Å². The van der Waals surface area contributed by atoms with Crippen molar-refractivity contribution in [2.75, 3.05) is 39.6 Å².